The van der Waals surface area contributed by atoms with Crippen LogP contribution in [0, 0.1) is 0 Å². The van der Waals surface area contributed by atoms with Crippen LogP contribution in [-0.4, -0.2) is 33.2 Å². The van der Waals surface area contributed by atoms with Gasteiger partial charge in [0, 0.05) is 39.3 Å². The molecule has 2 aromatic heterocycles. The van der Waals surface area contributed by atoms with E-state index in [2.05, 4.69) is 19.9 Å². The summed E-state index contributed by atoms with van der Waals surface area (Å²) in [5.41, 5.74) is 2.90. The van der Waals surface area contributed by atoms with Crippen molar-refractivity contribution < 1.29 is 19.4 Å². The van der Waals surface area contributed by atoms with Gasteiger partial charge in [-0.15, -0.1) is 11.3 Å². The smallest absolute Gasteiger partial charge is 0.410 e. The van der Waals surface area contributed by atoms with E-state index in [1.165, 1.54) is 11.1 Å². The maximum atomic E-state index is 12.9. The standard InChI is InChI=1S/C30H28N2O5S/c1-30(2)17-31(29(36)37-16-18-6-4-3-5-7-18)14-20-13-25(38-27(20)30)19-8-11-22-24(12-19)32(21-9-10-21)15-23(26(22)33)28(34)35/h3-8,11-13,15,21H,9-10,14,16-17H2,1-2H3,(H,34,35). The maximum Gasteiger partial charge on any atom is 0.410 e. The largest absolute Gasteiger partial charge is 0.477 e. The van der Waals surface area contributed by atoms with Crippen LogP contribution in [0.5, 0.6) is 0 Å². The van der Waals surface area contributed by atoms with E-state index in [1.54, 1.807) is 22.3 Å². The Hall–Kier alpha value is -3.91. The highest BCUT2D eigenvalue weighted by molar-refractivity contribution is 7.15. The van der Waals surface area contributed by atoms with Gasteiger partial charge in [0.2, 0.25) is 5.43 Å². The average molecular weight is 529 g/mol. The summed E-state index contributed by atoms with van der Waals surface area (Å²) in [5.74, 6) is -1.20. The Morgan fingerprint density at radius 3 is 2.58 bits per heavy atom. The Morgan fingerprint density at radius 1 is 1.11 bits per heavy atom. The Bertz CT molecular complexity index is 1630. The highest BCUT2D eigenvalue weighted by atomic mass is 32.1. The molecule has 2 aromatic carbocycles. The summed E-state index contributed by atoms with van der Waals surface area (Å²) < 4.78 is 7.56. The molecule has 4 aromatic rings. The van der Waals surface area contributed by atoms with Crippen molar-refractivity contribution >= 4 is 34.3 Å². The van der Waals surface area contributed by atoms with Crippen LogP contribution in [0.15, 0.2) is 65.6 Å². The minimum absolute atomic E-state index is 0.190. The Morgan fingerprint density at radius 2 is 1.87 bits per heavy atom. The molecule has 1 N–H and O–H groups in total. The summed E-state index contributed by atoms with van der Waals surface area (Å²) in [4.78, 5) is 41.5. The van der Waals surface area contributed by atoms with Gasteiger partial charge in [-0.1, -0.05) is 50.2 Å². The van der Waals surface area contributed by atoms with Gasteiger partial charge in [-0.25, -0.2) is 9.59 Å². The number of thiophene rings is 1. The fourth-order valence-corrected chi connectivity index (χ4v) is 6.58. The van der Waals surface area contributed by atoms with Gasteiger partial charge in [-0.2, -0.15) is 0 Å². The second-order valence-corrected chi connectivity index (χ2v) is 11.8. The molecule has 0 unspecified atom stereocenters. The highest BCUT2D eigenvalue weighted by Crippen LogP contribution is 2.44. The summed E-state index contributed by atoms with van der Waals surface area (Å²) in [6.45, 7) is 5.56. The second-order valence-electron chi connectivity index (χ2n) is 10.8. The molecule has 0 bridgehead atoms. The number of nitrogens with zero attached hydrogens (tertiary/aromatic N) is 2. The predicted octanol–water partition coefficient (Wildman–Crippen LogP) is 6.19. The molecule has 2 aliphatic rings. The average Bonchev–Trinajstić information content (AvgIpc) is 3.64. The van der Waals surface area contributed by atoms with Crippen LogP contribution in [0.3, 0.4) is 0 Å². The van der Waals surface area contributed by atoms with Gasteiger partial charge in [-0.3, -0.25) is 4.79 Å². The number of hydrogen-bond donors (Lipinski definition) is 1. The molecule has 1 fully saturated rings. The lowest BCUT2D eigenvalue weighted by molar-refractivity contribution is 0.0694. The van der Waals surface area contributed by atoms with Crippen LogP contribution < -0.4 is 5.43 Å². The fourth-order valence-electron chi connectivity index (χ4n) is 5.32. The number of aromatic carboxylic acids is 1. The summed E-state index contributed by atoms with van der Waals surface area (Å²) in [5, 5.41) is 9.96. The number of carboxylic acids is 1. The summed E-state index contributed by atoms with van der Waals surface area (Å²) in [7, 11) is 0. The Kier molecular flexibility index (Phi) is 5.87. The predicted molar refractivity (Wildman–Crippen MR) is 147 cm³/mol. The van der Waals surface area contributed by atoms with Crippen LogP contribution in [0.25, 0.3) is 21.3 Å². The molecule has 0 radical (unpaired) electrons. The molecule has 194 valence electrons. The number of ether oxygens (including phenoxy) is 1. The van der Waals surface area contributed by atoms with E-state index in [1.807, 2.05) is 47.0 Å². The van der Waals surface area contributed by atoms with Gasteiger partial charge in [0.1, 0.15) is 12.2 Å². The van der Waals surface area contributed by atoms with Crippen LogP contribution in [-0.2, 0) is 23.3 Å². The number of hydrogen-bond acceptors (Lipinski definition) is 5. The number of rotatable bonds is 5. The topological polar surface area (TPSA) is 88.8 Å². The lowest BCUT2D eigenvalue weighted by atomic mass is 9.85. The number of carboxylic acid groups (broad SMARTS) is 1. The first-order valence-corrected chi connectivity index (χ1v) is 13.5. The molecule has 1 saturated carbocycles. The first kappa shape index (κ1) is 24.4. The molecule has 0 spiro atoms. The molecule has 6 rings (SSSR count). The van der Waals surface area contributed by atoms with Crippen molar-refractivity contribution in [3.63, 3.8) is 0 Å². The third-order valence-corrected chi connectivity index (χ3v) is 8.92. The zero-order valence-electron chi connectivity index (χ0n) is 21.3. The normalized spacial score (nSPS) is 16.3. The molecule has 3 heterocycles. The van der Waals surface area contributed by atoms with Crippen LogP contribution in [0.1, 0.15) is 59.1 Å². The van der Waals surface area contributed by atoms with Crippen LogP contribution in [0.4, 0.5) is 4.79 Å². The van der Waals surface area contributed by atoms with E-state index in [-0.39, 0.29) is 29.7 Å². The minimum Gasteiger partial charge on any atom is -0.477 e. The minimum atomic E-state index is -1.20. The van der Waals surface area contributed by atoms with E-state index >= 15 is 0 Å². The molecule has 1 amide bonds. The molecule has 8 heteroatoms. The van der Waals surface area contributed by atoms with Gasteiger partial charge in [-0.05, 0) is 47.7 Å². The number of amides is 1. The van der Waals surface area contributed by atoms with Gasteiger partial charge in [0.05, 0.1) is 12.1 Å². The molecule has 0 atom stereocenters. The summed E-state index contributed by atoms with van der Waals surface area (Å²) in [6, 6.07) is 17.6. The molecule has 1 aliphatic heterocycles. The third kappa shape index (κ3) is 4.39. The molecule has 7 nitrogen and oxygen atoms in total. The number of aromatic nitrogens is 1. The summed E-state index contributed by atoms with van der Waals surface area (Å²) in [6.07, 6.45) is 3.11. The Labute approximate surface area is 223 Å². The number of carbonyl (C=O) groups is 2. The first-order chi connectivity index (χ1) is 18.2. The van der Waals surface area contributed by atoms with Gasteiger partial charge >= 0.3 is 12.1 Å². The fraction of sp³-hybridized carbons (Fsp3) is 0.300. The van der Waals surface area contributed by atoms with Crippen molar-refractivity contribution in [1.82, 2.24) is 9.47 Å². The van der Waals surface area contributed by atoms with Gasteiger partial charge in [0.25, 0.3) is 0 Å². The van der Waals surface area contributed by atoms with Crippen LogP contribution in [0.2, 0.25) is 0 Å². The van der Waals surface area contributed by atoms with E-state index in [0.29, 0.717) is 18.5 Å². The Balaban J connectivity index is 1.31. The molecule has 0 saturated heterocycles. The van der Waals surface area contributed by atoms with Crippen molar-refractivity contribution in [3.05, 3.63) is 92.6 Å². The highest BCUT2D eigenvalue weighted by Gasteiger charge is 2.37. The number of carbonyl (C=O) groups excluding carboxylic acids is 1. The first-order valence-electron chi connectivity index (χ1n) is 12.7. The maximum absolute atomic E-state index is 12.9. The van der Waals surface area contributed by atoms with Crippen molar-refractivity contribution in [2.45, 2.75) is 51.3 Å². The van der Waals surface area contributed by atoms with Crippen molar-refractivity contribution in [2.75, 3.05) is 6.54 Å². The van der Waals surface area contributed by atoms with Crippen molar-refractivity contribution in [1.29, 1.82) is 0 Å². The number of benzene rings is 2. The van der Waals surface area contributed by atoms with Gasteiger partial charge in [0.15, 0.2) is 0 Å². The zero-order chi connectivity index (χ0) is 26.6. The lowest BCUT2D eigenvalue weighted by Crippen LogP contribution is -2.44. The molecular formula is C30H28N2O5S. The number of fused-ring (bicyclic) bond motifs is 2. The second kappa shape index (κ2) is 9.13. The van der Waals surface area contributed by atoms with E-state index in [4.69, 9.17) is 4.74 Å². The van der Waals surface area contributed by atoms with E-state index in [9.17, 15) is 19.5 Å². The molecule has 38 heavy (non-hydrogen) atoms. The van der Waals surface area contributed by atoms with Crippen molar-refractivity contribution in [2.24, 2.45) is 0 Å². The third-order valence-electron chi connectivity index (χ3n) is 7.32. The van der Waals surface area contributed by atoms with Crippen molar-refractivity contribution in [3.8, 4) is 10.4 Å². The van der Waals surface area contributed by atoms with E-state index < -0.39 is 11.4 Å². The van der Waals surface area contributed by atoms with E-state index in [0.717, 1.165) is 39.9 Å². The lowest BCUT2D eigenvalue weighted by Gasteiger charge is -2.37. The van der Waals surface area contributed by atoms with Gasteiger partial charge < -0.3 is 19.3 Å². The van der Waals surface area contributed by atoms with Crippen LogP contribution >= 0.6 is 11.3 Å². The summed E-state index contributed by atoms with van der Waals surface area (Å²) >= 11 is 1.71. The SMILES string of the molecule is CC1(C)CN(C(=O)OCc2ccccc2)Cc2cc(-c3ccc4c(=O)c(C(=O)O)cn(C5CC5)c4c3)sc21. The number of pyridine rings is 1. The quantitative estimate of drug-likeness (QED) is 0.334. The monoisotopic (exact) mass is 528 g/mol. The zero-order valence-corrected chi connectivity index (χ0v) is 22.1. The molecule has 1 aliphatic carbocycles. The molecular weight excluding hydrogens is 500 g/mol.